The summed E-state index contributed by atoms with van der Waals surface area (Å²) in [6.45, 7) is 12.0. The van der Waals surface area contributed by atoms with E-state index in [0.29, 0.717) is 19.0 Å². The molecule has 0 spiro atoms. The third-order valence-electron chi connectivity index (χ3n) is 3.63. The van der Waals surface area contributed by atoms with Crippen LogP contribution in [0.1, 0.15) is 69.6 Å². The maximum atomic E-state index is 11.9. The molecule has 5 nitrogen and oxygen atoms in total. The lowest BCUT2D eigenvalue weighted by Crippen LogP contribution is -2.48. The molecule has 1 aliphatic heterocycles. The molecule has 0 bridgehead atoms. The van der Waals surface area contributed by atoms with Crippen molar-refractivity contribution in [2.24, 2.45) is 0 Å². The fraction of sp³-hybridized carbons (Fsp3) is 0.882. The SMILES string of the molecule is CC.CCCCC(=O)N1CCC(NC(=O)CNC(C)C)CC1.[HH].[HH]. The molecule has 1 aliphatic rings. The maximum absolute atomic E-state index is 11.9. The topological polar surface area (TPSA) is 61.4 Å². The fourth-order valence-electron chi connectivity index (χ4n) is 2.33. The minimum absolute atomic E-state index is 0. The molecule has 134 valence electrons. The highest BCUT2D eigenvalue weighted by Crippen LogP contribution is 2.12. The van der Waals surface area contributed by atoms with Crippen molar-refractivity contribution in [2.75, 3.05) is 19.6 Å². The molecule has 2 N–H and O–H groups in total. The highest BCUT2D eigenvalue weighted by molar-refractivity contribution is 5.78. The molecular formula is C17H39N3O2. The summed E-state index contributed by atoms with van der Waals surface area (Å²) in [6, 6.07) is 0.533. The van der Waals surface area contributed by atoms with Crippen LogP contribution in [-0.4, -0.2) is 48.4 Å². The van der Waals surface area contributed by atoms with Crippen LogP contribution < -0.4 is 10.6 Å². The van der Waals surface area contributed by atoms with Gasteiger partial charge in [0.1, 0.15) is 0 Å². The van der Waals surface area contributed by atoms with Crippen LogP contribution in [0.25, 0.3) is 0 Å². The molecular weight excluding hydrogens is 278 g/mol. The van der Waals surface area contributed by atoms with Crippen LogP contribution in [0.15, 0.2) is 0 Å². The lowest BCUT2D eigenvalue weighted by Gasteiger charge is -2.32. The van der Waals surface area contributed by atoms with Crippen LogP contribution in [0, 0.1) is 0 Å². The second-order valence-corrected chi connectivity index (χ2v) is 5.86. The van der Waals surface area contributed by atoms with Crippen LogP contribution in [0.4, 0.5) is 0 Å². The minimum atomic E-state index is 0. The Labute approximate surface area is 139 Å². The Morgan fingerprint density at radius 2 is 1.82 bits per heavy atom. The van der Waals surface area contributed by atoms with E-state index in [9.17, 15) is 9.59 Å². The summed E-state index contributed by atoms with van der Waals surface area (Å²) in [6.07, 6.45) is 4.42. The van der Waals surface area contributed by atoms with Gasteiger partial charge in [-0.25, -0.2) is 0 Å². The van der Waals surface area contributed by atoms with Gasteiger partial charge in [0.05, 0.1) is 6.54 Å². The number of nitrogens with zero attached hydrogens (tertiary/aromatic N) is 1. The summed E-state index contributed by atoms with van der Waals surface area (Å²) in [5.41, 5.74) is 0. The number of likely N-dealkylation sites (tertiary alicyclic amines) is 1. The molecule has 5 heteroatoms. The normalized spacial score (nSPS) is 15.3. The average Bonchev–Trinajstić information content (AvgIpc) is 2.53. The molecule has 1 fully saturated rings. The van der Waals surface area contributed by atoms with Crippen LogP contribution in [0.2, 0.25) is 0 Å². The van der Waals surface area contributed by atoms with Gasteiger partial charge in [0, 0.05) is 34.4 Å². The van der Waals surface area contributed by atoms with E-state index in [2.05, 4.69) is 17.6 Å². The van der Waals surface area contributed by atoms with Crippen molar-refractivity contribution in [3.63, 3.8) is 0 Å². The minimum Gasteiger partial charge on any atom is -0.352 e. The van der Waals surface area contributed by atoms with Crippen LogP contribution >= 0.6 is 0 Å². The molecule has 1 saturated heterocycles. The van der Waals surface area contributed by atoms with Crippen molar-refractivity contribution in [3.8, 4) is 0 Å². The van der Waals surface area contributed by atoms with E-state index in [1.807, 2.05) is 32.6 Å². The molecule has 0 aromatic rings. The first kappa shape index (κ1) is 20.9. The van der Waals surface area contributed by atoms with E-state index in [0.717, 1.165) is 38.8 Å². The van der Waals surface area contributed by atoms with Crippen molar-refractivity contribution in [3.05, 3.63) is 0 Å². The molecule has 0 aromatic carbocycles. The number of carbonyl (C=O) groups excluding carboxylic acids is 2. The molecule has 0 radical (unpaired) electrons. The zero-order valence-corrected chi connectivity index (χ0v) is 15.1. The Morgan fingerprint density at radius 1 is 1.23 bits per heavy atom. The number of piperidine rings is 1. The highest BCUT2D eigenvalue weighted by atomic mass is 16.2. The number of amides is 2. The molecule has 0 aromatic heterocycles. The van der Waals surface area contributed by atoms with Gasteiger partial charge in [-0.2, -0.15) is 0 Å². The Kier molecular flexibility index (Phi) is 11.8. The largest absolute Gasteiger partial charge is 0.352 e. The van der Waals surface area contributed by atoms with Crippen molar-refractivity contribution in [1.29, 1.82) is 0 Å². The zero-order valence-electron chi connectivity index (χ0n) is 15.1. The van der Waals surface area contributed by atoms with E-state index in [-0.39, 0.29) is 20.7 Å². The van der Waals surface area contributed by atoms with Crippen LogP contribution in [-0.2, 0) is 9.59 Å². The third kappa shape index (κ3) is 9.03. The number of rotatable bonds is 7. The van der Waals surface area contributed by atoms with Gasteiger partial charge in [0.2, 0.25) is 11.8 Å². The summed E-state index contributed by atoms with van der Waals surface area (Å²) in [5.74, 6) is 0.313. The molecule has 22 heavy (non-hydrogen) atoms. The molecule has 2 amide bonds. The Bertz CT molecular complexity index is 321. The number of carbonyl (C=O) groups is 2. The highest BCUT2D eigenvalue weighted by Gasteiger charge is 2.23. The van der Waals surface area contributed by atoms with Gasteiger partial charge in [-0.1, -0.05) is 41.0 Å². The van der Waals surface area contributed by atoms with Gasteiger partial charge in [0.25, 0.3) is 0 Å². The first-order chi connectivity index (χ1) is 10.5. The number of nitrogens with one attached hydrogen (secondary N) is 2. The number of hydrogen-bond acceptors (Lipinski definition) is 3. The second-order valence-electron chi connectivity index (χ2n) is 5.86. The van der Waals surface area contributed by atoms with E-state index >= 15 is 0 Å². The summed E-state index contributed by atoms with van der Waals surface area (Å²) in [7, 11) is 0. The van der Waals surface area contributed by atoms with Crippen LogP contribution in [0.3, 0.4) is 0 Å². The summed E-state index contributed by atoms with van der Waals surface area (Å²) in [5, 5.41) is 6.15. The maximum Gasteiger partial charge on any atom is 0.234 e. The van der Waals surface area contributed by atoms with Crippen molar-refractivity contribution >= 4 is 11.8 Å². The van der Waals surface area contributed by atoms with Gasteiger partial charge < -0.3 is 15.5 Å². The molecule has 1 rings (SSSR count). The average molecular weight is 318 g/mol. The summed E-state index contributed by atoms with van der Waals surface area (Å²) < 4.78 is 0. The summed E-state index contributed by atoms with van der Waals surface area (Å²) >= 11 is 0. The Hall–Kier alpha value is -1.10. The van der Waals surface area contributed by atoms with Crippen molar-refractivity contribution in [2.45, 2.75) is 78.8 Å². The summed E-state index contributed by atoms with van der Waals surface area (Å²) in [4.78, 5) is 25.5. The number of unbranched alkanes of at least 4 members (excludes halogenated alkanes) is 1. The molecule has 0 aliphatic carbocycles. The van der Waals surface area contributed by atoms with E-state index in [1.54, 1.807) is 0 Å². The van der Waals surface area contributed by atoms with Gasteiger partial charge in [0.15, 0.2) is 0 Å². The molecule has 0 saturated carbocycles. The lowest BCUT2D eigenvalue weighted by atomic mass is 10.0. The monoisotopic (exact) mass is 317 g/mol. The smallest absolute Gasteiger partial charge is 0.234 e. The number of hydrogen-bond donors (Lipinski definition) is 2. The fourth-order valence-corrected chi connectivity index (χ4v) is 2.33. The van der Waals surface area contributed by atoms with Crippen molar-refractivity contribution in [1.82, 2.24) is 15.5 Å². The predicted octanol–water partition coefficient (Wildman–Crippen LogP) is 2.80. The van der Waals surface area contributed by atoms with Crippen molar-refractivity contribution < 1.29 is 12.4 Å². The van der Waals surface area contributed by atoms with E-state index in [4.69, 9.17) is 0 Å². The van der Waals surface area contributed by atoms with Gasteiger partial charge in [-0.3, -0.25) is 9.59 Å². The predicted molar refractivity (Wildman–Crippen MR) is 96.0 cm³/mol. The standard InChI is InChI=1S/C15H29N3O2.C2H6.2H2/c1-4-5-6-15(20)18-9-7-13(8-10-18)17-14(19)11-16-12(2)3;1-2;;/h12-13,16H,4-11H2,1-3H3,(H,17,19);1-2H3;2*1H. The van der Waals surface area contributed by atoms with E-state index in [1.165, 1.54) is 0 Å². The molecule has 0 unspecified atom stereocenters. The Balaban J connectivity index is -0.00000106. The van der Waals surface area contributed by atoms with Gasteiger partial charge in [-0.15, -0.1) is 0 Å². The molecule has 1 heterocycles. The first-order valence-electron chi connectivity index (χ1n) is 8.83. The zero-order chi connectivity index (χ0) is 17.0. The third-order valence-corrected chi connectivity index (χ3v) is 3.63. The lowest BCUT2D eigenvalue weighted by molar-refractivity contribution is -0.132. The molecule has 0 atom stereocenters. The van der Waals surface area contributed by atoms with Gasteiger partial charge in [-0.05, 0) is 19.3 Å². The van der Waals surface area contributed by atoms with E-state index < -0.39 is 0 Å². The van der Waals surface area contributed by atoms with Gasteiger partial charge >= 0.3 is 0 Å². The first-order valence-corrected chi connectivity index (χ1v) is 8.83. The quantitative estimate of drug-likeness (QED) is 0.759. The van der Waals surface area contributed by atoms with Crippen LogP contribution in [0.5, 0.6) is 0 Å². The Morgan fingerprint density at radius 3 is 2.32 bits per heavy atom. The second kappa shape index (κ2) is 12.4.